The van der Waals surface area contributed by atoms with Crippen LogP contribution in [0.4, 0.5) is 8.78 Å². The Hall–Kier alpha value is -1.42. The van der Waals surface area contributed by atoms with E-state index in [4.69, 9.17) is 9.47 Å². The Morgan fingerprint density at radius 1 is 1.04 bits per heavy atom. The van der Waals surface area contributed by atoms with Crippen molar-refractivity contribution in [3.8, 4) is 5.75 Å². The Morgan fingerprint density at radius 2 is 1.82 bits per heavy atom. The van der Waals surface area contributed by atoms with Gasteiger partial charge in [-0.3, -0.25) is 0 Å². The number of ether oxygens (including phenoxy) is 2. The third kappa shape index (κ3) is 5.34. The average molecular weight is 393 g/mol. The summed E-state index contributed by atoms with van der Waals surface area (Å²) in [5, 5.41) is 0. The van der Waals surface area contributed by atoms with Crippen LogP contribution in [0.1, 0.15) is 70.8 Å². The minimum absolute atomic E-state index is 0.00779. The predicted octanol–water partition coefficient (Wildman–Crippen LogP) is 6.62. The summed E-state index contributed by atoms with van der Waals surface area (Å²) in [6.45, 7) is 5.11. The summed E-state index contributed by atoms with van der Waals surface area (Å²) >= 11 is 0. The van der Waals surface area contributed by atoms with Crippen molar-refractivity contribution >= 4 is 0 Å². The van der Waals surface area contributed by atoms with Gasteiger partial charge in [-0.1, -0.05) is 25.5 Å². The largest absolute Gasteiger partial charge is 0.491 e. The van der Waals surface area contributed by atoms with Gasteiger partial charge in [0.1, 0.15) is 0 Å². The van der Waals surface area contributed by atoms with Gasteiger partial charge in [0.05, 0.1) is 19.3 Å². The van der Waals surface area contributed by atoms with Gasteiger partial charge in [-0.05, 0) is 87.3 Å². The number of hydrogen-bond donors (Lipinski definition) is 0. The second-order valence-corrected chi connectivity index (χ2v) is 8.28. The van der Waals surface area contributed by atoms with Gasteiger partial charge in [-0.2, -0.15) is 4.39 Å². The summed E-state index contributed by atoms with van der Waals surface area (Å²) in [7, 11) is 0. The van der Waals surface area contributed by atoms with Crippen molar-refractivity contribution in [3.05, 3.63) is 41.0 Å². The molecule has 1 unspecified atom stereocenters. The zero-order valence-electron chi connectivity index (χ0n) is 17.3. The number of aryl methyl sites for hydroxylation is 1. The molecule has 0 N–H and O–H groups in total. The molecular weight excluding hydrogens is 358 g/mol. The number of benzene rings is 1. The molecule has 28 heavy (non-hydrogen) atoms. The highest BCUT2D eigenvalue weighted by Crippen LogP contribution is 2.37. The van der Waals surface area contributed by atoms with E-state index in [0.29, 0.717) is 36.5 Å². The zero-order chi connectivity index (χ0) is 19.9. The monoisotopic (exact) mass is 392 g/mol. The first-order valence-corrected chi connectivity index (χ1v) is 11.0. The summed E-state index contributed by atoms with van der Waals surface area (Å²) in [4.78, 5) is 0. The van der Waals surface area contributed by atoms with Crippen LogP contribution in [0, 0.1) is 23.5 Å². The molecule has 0 radical (unpaired) electrons. The van der Waals surface area contributed by atoms with E-state index >= 15 is 0 Å². The maximum atomic E-state index is 14.3. The molecule has 1 saturated carbocycles. The van der Waals surface area contributed by atoms with E-state index in [1.807, 2.05) is 0 Å². The van der Waals surface area contributed by atoms with Gasteiger partial charge in [0.2, 0.25) is 5.82 Å². The van der Waals surface area contributed by atoms with Crippen LogP contribution in [0.25, 0.3) is 0 Å². The molecular formula is C24H34F2O2. The van der Waals surface area contributed by atoms with Gasteiger partial charge in [-0.25, -0.2) is 4.39 Å². The van der Waals surface area contributed by atoms with E-state index in [9.17, 15) is 8.78 Å². The molecule has 1 aromatic rings. The van der Waals surface area contributed by atoms with Crippen molar-refractivity contribution in [2.75, 3.05) is 13.2 Å². The summed E-state index contributed by atoms with van der Waals surface area (Å²) in [5.41, 5.74) is 1.96. The van der Waals surface area contributed by atoms with Crippen molar-refractivity contribution in [1.29, 1.82) is 0 Å². The standard InChI is InChI=1S/C24H34F2O2/c1-3-5-21-14-12-20(16-28-21)18-9-6-17(7-10-18)8-11-19-13-15-22(27-4-2)24(26)23(19)25/h12-13,15,17-18,21H,3-11,14,16H2,1-2H3. The van der Waals surface area contributed by atoms with Gasteiger partial charge >= 0.3 is 0 Å². The van der Waals surface area contributed by atoms with Crippen LogP contribution >= 0.6 is 0 Å². The van der Waals surface area contributed by atoms with Crippen molar-refractivity contribution < 1.29 is 18.3 Å². The Labute approximate surface area is 168 Å². The molecule has 0 spiro atoms. The molecule has 1 atom stereocenters. The topological polar surface area (TPSA) is 18.5 Å². The van der Waals surface area contributed by atoms with Crippen LogP contribution in [0.5, 0.6) is 5.75 Å². The van der Waals surface area contributed by atoms with Crippen molar-refractivity contribution in [1.82, 2.24) is 0 Å². The van der Waals surface area contributed by atoms with Crippen LogP contribution < -0.4 is 4.74 Å². The minimum Gasteiger partial charge on any atom is -0.491 e. The maximum Gasteiger partial charge on any atom is 0.200 e. The lowest BCUT2D eigenvalue weighted by atomic mass is 9.76. The second kappa shape index (κ2) is 10.4. The SMILES string of the molecule is CCCC1CC=C(C2CCC(CCc3ccc(OCC)c(F)c3F)CC2)CO1. The van der Waals surface area contributed by atoms with E-state index in [-0.39, 0.29) is 5.75 Å². The molecule has 0 bridgehead atoms. The quantitative estimate of drug-likeness (QED) is 0.463. The van der Waals surface area contributed by atoms with Crippen LogP contribution in [-0.4, -0.2) is 19.3 Å². The van der Waals surface area contributed by atoms with E-state index < -0.39 is 11.6 Å². The Kier molecular flexibility index (Phi) is 7.90. The highest BCUT2D eigenvalue weighted by molar-refractivity contribution is 5.31. The average Bonchev–Trinajstić information content (AvgIpc) is 2.72. The summed E-state index contributed by atoms with van der Waals surface area (Å²) < 4.78 is 39.4. The fourth-order valence-electron chi connectivity index (χ4n) is 4.64. The molecule has 4 heteroatoms. The molecule has 1 aliphatic carbocycles. The number of halogens is 2. The lowest BCUT2D eigenvalue weighted by molar-refractivity contribution is 0.0480. The number of hydrogen-bond acceptors (Lipinski definition) is 2. The molecule has 156 valence electrons. The van der Waals surface area contributed by atoms with Gasteiger partial charge < -0.3 is 9.47 Å². The van der Waals surface area contributed by atoms with E-state index in [1.165, 1.54) is 37.7 Å². The fraction of sp³-hybridized carbons (Fsp3) is 0.667. The predicted molar refractivity (Wildman–Crippen MR) is 109 cm³/mol. The maximum absolute atomic E-state index is 14.3. The normalized spacial score (nSPS) is 25.4. The van der Waals surface area contributed by atoms with Crippen LogP contribution in [-0.2, 0) is 11.2 Å². The molecule has 0 aromatic heterocycles. The number of rotatable bonds is 8. The van der Waals surface area contributed by atoms with E-state index in [0.717, 1.165) is 25.9 Å². The van der Waals surface area contributed by atoms with Crippen LogP contribution in [0.15, 0.2) is 23.8 Å². The molecule has 1 aliphatic heterocycles. The minimum atomic E-state index is -0.853. The first-order chi connectivity index (χ1) is 13.6. The lowest BCUT2D eigenvalue weighted by Gasteiger charge is -2.33. The molecule has 0 amide bonds. The van der Waals surface area contributed by atoms with Gasteiger partial charge in [0.25, 0.3) is 0 Å². The van der Waals surface area contributed by atoms with Gasteiger partial charge in [0, 0.05) is 0 Å². The molecule has 0 saturated heterocycles. The third-order valence-electron chi connectivity index (χ3n) is 6.36. The highest BCUT2D eigenvalue weighted by Gasteiger charge is 2.26. The summed E-state index contributed by atoms with van der Waals surface area (Å²) in [5.74, 6) is -0.338. The summed E-state index contributed by atoms with van der Waals surface area (Å²) in [6, 6.07) is 3.22. The third-order valence-corrected chi connectivity index (χ3v) is 6.36. The van der Waals surface area contributed by atoms with Crippen LogP contribution in [0.2, 0.25) is 0 Å². The Balaban J connectivity index is 1.46. The van der Waals surface area contributed by atoms with Crippen molar-refractivity contribution in [2.45, 2.75) is 77.7 Å². The Bertz CT molecular complexity index is 663. The van der Waals surface area contributed by atoms with Crippen molar-refractivity contribution in [2.24, 2.45) is 11.8 Å². The summed E-state index contributed by atoms with van der Waals surface area (Å²) in [6.07, 6.45) is 12.5. The first kappa shape index (κ1) is 21.3. The molecule has 1 heterocycles. The van der Waals surface area contributed by atoms with Crippen LogP contribution in [0.3, 0.4) is 0 Å². The van der Waals surface area contributed by atoms with Gasteiger partial charge in [0.15, 0.2) is 11.6 Å². The highest BCUT2D eigenvalue weighted by atomic mass is 19.2. The first-order valence-electron chi connectivity index (χ1n) is 11.0. The second-order valence-electron chi connectivity index (χ2n) is 8.28. The zero-order valence-corrected chi connectivity index (χ0v) is 17.3. The molecule has 2 aliphatic rings. The van der Waals surface area contributed by atoms with E-state index in [2.05, 4.69) is 13.0 Å². The smallest absolute Gasteiger partial charge is 0.200 e. The molecule has 1 fully saturated rings. The molecule has 3 rings (SSSR count). The molecule has 2 nitrogen and oxygen atoms in total. The lowest BCUT2D eigenvalue weighted by Crippen LogP contribution is -2.24. The van der Waals surface area contributed by atoms with Gasteiger partial charge in [-0.15, -0.1) is 0 Å². The molecule has 1 aromatic carbocycles. The fourth-order valence-corrected chi connectivity index (χ4v) is 4.64. The van der Waals surface area contributed by atoms with Crippen molar-refractivity contribution in [3.63, 3.8) is 0 Å². The Morgan fingerprint density at radius 3 is 2.46 bits per heavy atom. The van der Waals surface area contributed by atoms with E-state index in [1.54, 1.807) is 19.1 Å².